The van der Waals surface area contributed by atoms with E-state index in [9.17, 15) is 0 Å². The van der Waals surface area contributed by atoms with Crippen molar-refractivity contribution >= 4 is 0 Å². The summed E-state index contributed by atoms with van der Waals surface area (Å²) in [4.78, 5) is 0. The van der Waals surface area contributed by atoms with E-state index in [-0.39, 0.29) is 6.10 Å². The molecule has 0 saturated heterocycles. The molecule has 1 aromatic rings. The summed E-state index contributed by atoms with van der Waals surface area (Å²) in [6.07, 6.45) is 3.93. The van der Waals surface area contributed by atoms with Crippen molar-refractivity contribution in [3.63, 3.8) is 0 Å². The van der Waals surface area contributed by atoms with Crippen molar-refractivity contribution in [1.82, 2.24) is 5.32 Å². The van der Waals surface area contributed by atoms with Crippen LogP contribution in [0.4, 0.5) is 0 Å². The van der Waals surface area contributed by atoms with Crippen LogP contribution in [0.3, 0.4) is 0 Å². The van der Waals surface area contributed by atoms with E-state index in [4.69, 9.17) is 14.2 Å². The lowest BCUT2D eigenvalue weighted by Gasteiger charge is -2.08. The first-order chi connectivity index (χ1) is 10.6. The molecule has 0 aliphatic heterocycles. The van der Waals surface area contributed by atoms with E-state index in [1.165, 1.54) is 0 Å². The Hall–Kier alpha value is -1.36. The third kappa shape index (κ3) is 9.55. The first kappa shape index (κ1) is 18.7. The van der Waals surface area contributed by atoms with Crippen LogP contribution >= 0.6 is 0 Å². The maximum absolute atomic E-state index is 5.56. The lowest BCUT2D eigenvalue weighted by molar-refractivity contribution is 0.0143. The zero-order valence-electron chi connectivity index (χ0n) is 14.2. The molecule has 22 heavy (non-hydrogen) atoms. The van der Waals surface area contributed by atoms with Crippen molar-refractivity contribution < 1.29 is 14.2 Å². The van der Waals surface area contributed by atoms with Gasteiger partial charge in [0.05, 0.1) is 32.2 Å². The van der Waals surface area contributed by atoms with E-state index < -0.39 is 0 Å². The zero-order chi connectivity index (χ0) is 16.2. The van der Waals surface area contributed by atoms with Gasteiger partial charge in [-0.2, -0.15) is 0 Å². The van der Waals surface area contributed by atoms with Gasteiger partial charge in [0.25, 0.3) is 0 Å². The second-order valence-electron chi connectivity index (χ2n) is 5.67. The highest BCUT2D eigenvalue weighted by atomic mass is 16.5. The smallest absolute Gasteiger partial charge is 0.126 e. The Kier molecular flexibility index (Phi) is 9.55. The molecule has 0 bridgehead atoms. The van der Waals surface area contributed by atoms with Gasteiger partial charge >= 0.3 is 0 Å². The molecule has 0 radical (unpaired) electrons. The van der Waals surface area contributed by atoms with Crippen molar-refractivity contribution in [3.05, 3.63) is 42.2 Å². The summed E-state index contributed by atoms with van der Waals surface area (Å²) in [5.41, 5.74) is 1.13. The third-order valence-electron chi connectivity index (χ3n) is 2.82. The Morgan fingerprint density at radius 1 is 1.05 bits per heavy atom. The number of rotatable bonds is 11. The molecule has 1 N–H and O–H groups in total. The SMILES string of the molecule is CC(C)NC/C=C/Oc1ccc(COCCOC(C)C)cc1. The highest BCUT2D eigenvalue weighted by Gasteiger charge is 1.97. The van der Waals surface area contributed by atoms with Gasteiger partial charge in [-0.05, 0) is 37.6 Å². The van der Waals surface area contributed by atoms with Crippen LogP contribution in [0.1, 0.15) is 33.3 Å². The average molecular weight is 307 g/mol. The fourth-order valence-corrected chi connectivity index (χ4v) is 1.68. The van der Waals surface area contributed by atoms with Gasteiger partial charge in [0.1, 0.15) is 5.75 Å². The first-order valence-electron chi connectivity index (χ1n) is 7.91. The topological polar surface area (TPSA) is 39.7 Å². The highest BCUT2D eigenvalue weighted by molar-refractivity contribution is 5.27. The van der Waals surface area contributed by atoms with Gasteiger partial charge in [0.15, 0.2) is 0 Å². The number of ether oxygens (including phenoxy) is 3. The van der Waals surface area contributed by atoms with Crippen molar-refractivity contribution in [3.8, 4) is 5.75 Å². The molecule has 0 aromatic heterocycles. The Morgan fingerprint density at radius 3 is 2.41 bits per heavy atom. The molecule has 0 unspecified atom stereocenters. The van der Waals surface area contributed by atoms with Gasteiger partial charge in [-0.15, -0.1) is 0 Å². The minimum atomic E-state index is 0.254. The van der Waals surface area contributed by atoms with Crippen LogP contribution in [0.15, 0.2) is 36.6 Å². The van der Waals surface area contributed by atoms with Gasteiger partial charge in [-0.1, -0.05) is 26.0 Å². The number of benzene rings is 1. The van der Waals surface area contributed by atoms with Gasteiger partial charge in [-0.3, -0.25) is 0 Å². The molecule has 1 rings (SSSR count). The van der Waals surface area contributed by atoms with Crippen LogP contribution in [-0.4, -0.2) is 31.9 Å². The van der Waals surface area contributed by atoms with Crippen LogP contribution in [0.2, 0.25) is 0 Å². The maximum Gasteiger partial charge on any atom is 0.126 e. The maximum atomic E-state index is 5.56. The van der Waals surface area contributed by atoms with Gasteiger partial charge < -0.3 is 19.5 Å². The lowest BCUT2D eigenvalue weighted by atomic mass is 10.2. The molecule has 0 amide bonds. The Labute approximate surface area is 134 Å². The zero-order valence-corrected chi connectivity index (χ0v) is 14.2. The Morgan fingerprint density at radius 2 is 1.77 bits per heavy atom. The van der Waals surface area contributed by atoms with Crippen molar-refractivity contribution in [2.75, 3.05) is 19.8 Å². The largest absolute Gasteiger partial charge is 0.465 e. The molecule has 4 heteroatoms. The summed E-state index contributed by atoms with van der Waals surface area (Å²) in [5.74, 6) is 0.827. The van der Waals surface area contributed by atoms with Crippen LogP contribution < -0.4 is 10.1 Å². The molecule has 0 atom stereocenters. The fourth-order valence-electron chi connectivity index (χ4n) is 1.68. The fraction of sp³-hybridized carbons (Fsp3) is 0.556. The average Bonchev–Trinajstić information content (AvgIpc) is 2.47. The molecule has 0 spiro atoms. The molecule has 124 valence electrons. The molecule has 0 saturated carbocycles. The lowest BCUT2D eigenvalue weighted by Crippen LogP contribution is -2.22. The standard InChI is InChI=1S/C18H29NO3/c1-15(2)19-10-5-11-22-18-8-6-17(7-9-18)14-20-12-13-21-16(3)4/h5-9,11,15-16,19H,10,12-14H2,1-4H3/b11-5+. The summed E-state index contributed by atoms with van der Waals surface area (Å²) in [6, 6.07) is 8.40. The molecule has 0 heterocycles. The second kappa shape index (κ2) is 11.2. The Balaban J connectivity index is 2.19. The molecule has 1 aromatic carbocycles. The predicted molar refractivity (Wildman–Crippen MR) is 90.1 cm³/mol. The molecule has 4 nitrogen and oxygen atoms in total. The molecular formula is C18H29NO3. The van der Waals surface area contributed by atoms with Crippen LogP contribution in [-0.2, 0) is 16.1 Å². The van der Waals surface area contributed by atoms with E-state index in [1.54, 1.807) is 6.26 Å². The third-order valence-corrected chi connectivity index (χ3v) is 2.82. The van der Waals surface area contributed by atoms with E-state index in [1.807, 2.05) is 44.2 Å². The summed E-state index contributed by atoms with van der Waals surface area (Å²) < 4.78 is 16.5. The van der Waals surface area contributed by atoms with Gasteiger partial charge in [0.2, 0.25) is 0 Å². The molecule has 0 aliphatic carbocycles. The van der Waals surface area contributed by atoms with Crippen molar-refractivity contribution in [1.29, 1.82) is 0 Å². The second-order valence-corrected chi connectivity index (χ2v) is 5.67. The van der Waals surface area contributed by atoms with E-state index >= 15 is 0 Å². The number of nitrogens with one attached hydrogen (secondary N) is 1. The quantitative estimate of drug-likeness (QED) is 0.501. The van der Waals surface area contributed by atoms with E-state index in [2.05, 4.69) is 19.2 Å². The summed E-state index contributed by atoms with van der Waals surface area (Å²) >= 11 is 0. The number of hydrogen-bond acceptors (Lipinski definition) is 4. The van der Waals surface area contributed by atoms with Crippen molar-refractivity contribution in [2.24, 2.45) is 0 Å². The van der Waals surface area contributed by atoms with Crippen LogP contribution in [0.5, 0.6) is 5.75 Å². The molecule has 0 aliphatic rings. The minimum absolute atomic E-state index is 0.254. The van der Waals surface area contributed by atoms with E-state index in [0.29, 0.717) is 25.9 Å². The van der Waals surface area contributed by atoms with Crippen LogP contribution in [0.25, 0.3) is 0 Å². The van der Waals surface area contributed by atoms with Crippen LogP contribution in [0, 0.1) is 0 Å². The van der Waals surface area contributed by atoms with Crippen molar-refractivity contribution in [2.45, 2.75) is 46.4 Å². The molecular weight excluding hydrogens is 278 g/mol. The normalized spacial score (nSPS) is 11.7. The molecule has 0 fully saturated rings. The monoisotopic (exact) mass is 307 g/mol. The first-order valence-corrected chi connectivity index (χ1v) is 7.91. The van der Waals surface area contributed by atoms with Gasteiger partial charge in [0, 0.05) is 12.6 Å². The Bertz CT molecular complexity index is 413. The summed E-state index contributed by atoms with van der Waals surface area (Å²) in [7, 11) is 0. The van der Waals surface area contributed by atoms with Gasteiger partial charge in [-0.25, -0.2) is 0 Å². The summed E-state index contributed by atoms with van der Waals surface area (Å²) in [6.45, 7) is 10.9. The van der Waals surface area contributed by atoms with E-state index in [0.717, 1.165) is 17.9 Å². The highest BCUT2D eigenvalue weighted by Crippen LogP contribution is 2.13. The predicted octanol–water partition coefficient (Wildman–Crippen LogP) is 3.52. The number of hydrogen-bond donors (Lipinski definition) is 1. The minimum Gasteiger partial charge on any atom is -0.465 e. The summed E-state index contributed by atoms with van der Waals surface area (Å²) in [5, 5.41) is 3.29.